The Morgan fingerprint density at radius 2 is 1.94 bits per heavy atom. The third kappa shape index (κ3) is 5.04. The van der Waals surface area contributed by atoms with Crippen LogP contribution < -0.4 is 0 Å². The number of hydrogen-bond donors (Lipinski definition) is 0. The highest BCUT2D eigenvalue weighted by Gasteiger charge is 2.26. The molecule has 2 nitrogen and oxygen atoms in total. The van der Waals surface area contributed by atoms with Crippen molar-refractivity contribution in [1.82, 2.24) is 0 Å². The van der Waals surface area contributed by atoms with Crippen LogP contribution in [0.25, 0.3) is 0 Å². The van der Waals surface area contributed by atoms with Crippen LogP contribution in [0, 0.1) is 0 Å². The van der Waals surface area contributed by atoms with E-state index in [1.54, 1.807) is 0 Å². The zero-order chi connectivity index (χ0) is 13.6. The number of alkyl halides is 1. The monoisotopic (exact) mass is 328 g/mol. The van der Waals surface area contributed by atoms with Gasteiger partial charge in [-0.15, -0.1) is 0 Å². The summed E-state index contributed by atoms with van der Waals surface area (Å²) >= 11 is 3.49. The van der Waals surface area contributed by atoms with Gasteiger partial charge in [-0.1, -0.05) is 53.2 Å². The van der Waals surface area contributed by atoms with Crippen molar-refractivity contribution in [1.29, 1.82) is 0 Å². The van der Waals surface area contributed by atoms with Crippen LogP contribution in [0.2, 0.25) is 13.1 Å². The summed E-state index contributed by atoms with van der Waals surface area (Å²) in [5, 5.41) is 0. The molecule has 1 rings (SSSR count). The first-order valence-corrected chi connectivity index (χ1v) is 10.5. The summed E-state index contributed by atoms with van der Waals surface area (Å²) in [6.07, 6.45) is 1.39. The maximum atomic E-state index is 12.1. The van der Waals surface area contributed by atoms with Crippen molar-refractivity contribution in [3.8, 4) is 0 Å². The molecule has 1 atom stereocenters. The summed E-state index contributed by atoms with van der Waals surface area (Å²) in [4.78, 5) is 13.0. The smallest absolute Gasteiger partial charge is 0.197 e. The summed E-state index contributed by atoms with van der Waals surface area (Å²) in [5.74, 6) is 0.168. The first kappa shape index (κ1) is 15.6. The molecule has 0 aliphatic carbocycles. The van der Waals surface area contributed by atoms with Gasteiger partial charge in [0, 0.05) is 16.9 Å². The Bertz CT molecular complexity index is 379. The molecule has 0 aliphatic heterocycles. The average molecular weight is 329 g/mol. The Morgan fingerprint density at radius 1 is 1.33 bits per heavy atom. The number of hydrogen-bond acceptors (Lipinski definition) is 2. The molecular weight excluding hydrogens is 308 g/mol. The molecule has 0 amide bonds. The van der Waals surface area contributed by atoms with Crippen LogP contribution in [0.5, 0.6) is 0 Å². The molecule has 0 bridgehead atoms. The molecule has 0 heterocycles. The van der Waals surface area contributed by atoms with E-state index in [1.165, 1.54) is 0 Å². The number of carbonyl (C=O) groups is 1. The SMILES string of the molecule is CC[C@@H](CC(=O)c1ccccc1)O[Si](C)(C)CBr. The van der Waals surface area contributed by atoms with Gasteiger partial charge in [0.15, 0.2) is 14.1 Å². The highest BCUT2D eigenvalue weighted by atomic mass is 79.9. The van der Waals surface area contributed by atoms with Gasteiger partial charge in [0.2, 0.25) is 0 Å². The topological polar surface area (TPSA) is 26.3 Å². The predicted molar refractivity (Wildman–Crippen MR) is 81.8 cm³/mol. The molecule has 0 fully saturated rings. The molecule has 0 aromatic heterocycles. The molecule has 4 heteroatoms. The molecule has 0 spiro atoms. The van der Waals surface area contributed by atoms with Gasteiger partial charge in [-0.3, -0.25) is 4.79 Å². The molecule has 0 unspecified atom stereocenters. The minimum atomic E-state index is -1.66. The van der Waals surface area contributed by atoms with E-state index in [1.807, 2.05) is 30.3 Å². The van der Waals surface area contributed by atoms with E-state index in [2.05, 4.69) is 35.9 Å². The van der Waals surface area contributed by atoms with E-state index >= 15 is 0 Å². The molecule has 0 radical (unpaired) electrons. The van der Waals surface area contributed by atoms with Crippen LogP contribution in [0.3, 0.4) is 0 Å². The first-order valence-electron chi connectivity index (χ1n) is 6.30. The lowest BCUT2D eigenvalue weighted by Crippen LogP contribution is -2.38. The number of carbonyl (C=O) groups excluding carboxylic acids is 1. The fraction of sp³-hybridized carbons (Fsp3) is 0.500. The zero-order valence-corrected chi connectivity index (χ0v) is 13.9. The Kier molecular flexibility index (Phi) is 6.25. The molecule has 1 aromatic rings. The predicted octanol–water partition coefficient (Wildman–Crippen LogP) is 4.19. The fourth-order valence-corrected chi connectivity index (χ4v) is 3.31. The third-order valence-corrected chi connectivity index (χ3v) is 8.44. The van der Waals surface area contributed by atoms with Crippen molar-refractivity contribution in [2.75, 3.05) is 4.95 Å². The summed E-state index contributed by atoms with van der Waals surface area (Å²) in [6.45, 7) is 6.40. The minimum Gasteiger partial charge on any atom is -0.413 e. The number of rotatable bonds is 7. The van der Waals surface area contributed by atoms with E-state index in [9.17, 15) is 4.79 Å². The molecule has 0 saturated carbocycles. The van der Waals surface area contributed by atoms with Gasteiger partial charge >= 0.3 is 0 Å². The highest BCUT2D eigenvalue weighted by Crippen LogP contribution is 2.17. The number of benzene rings is 1. The maximum Gasteiger partial charge on any atom is 0.197 e. The summed E-state index contributed by atoms with van der Waals surface area (Å²) < 4.78 is 6.10. The molecule has 1 aromatic carbocycles. The molecule has 100 valence electrons. The van der Waals surface area contributed by atoms with Crippen molar-refractivity contribution < 1.29 is 9.22 Å². The van der Waals surface area contributed by atoms with Gasteiger partial charge in [0.05, 0.1) is 6.10 Å². The second-order valence-corrected chi connectivity index (χ2v) is 10.7. The van der Waals surface area contributed by atoms with Crippen molar-refractivity contribution >= 4 is 30.0 Å². The average Bonchev–Trinajstić information content (AvgIpc) is 2.38. The quantitative estimate of drug-likeness (QED) is 0.426. The van der Waals surface area contributed by atoms with Crippen molar-refractivity contribution in [2.45, 2.75) is 39.0 Å². The highest BCUT2D eigenvalue weighted by molar-refractivity contribution is 9.09. The van der Waals surface area contributed by atoms with Gasteiger partial charge < -0.3 is 4.43 Å². The largest absolute Gasteiger partial charge is 0.413 e. The van der Waals surface area contributed by atoms with Gasteiger partial charge in [0.1, 0.15) is 0 Å². The molecule has 0 saturated heterocycles. The van der Waals surface area contributed by atoms with Crippen molar-refractivity contribution in [2.24, 2.45) is 0 Å². The Hall–Kier alpha value is -0.453. The van der Waals surface area contributed by atoms with E-state index in [0.717, 1.165) is 16.9 Å². The van der Waals surface area contributed by atoms with Gasteiger partial charge in [-0.2, -0.15) is 0 Å². The van der Waals surface area contributed by atoms with Crippen LogP contribution in [0.15, 0.2) is 30.3 Å². The summed E-state index contributed by atoms with van der Waals surface area (Å²) in [7, 11) is -1.66. The second-order valence-electron chi connectivity index (χ2n) is 5.03. The first-order chi connectivity index (χ1) is 8.48. The van der Waals surface area contributed by atoms with Gasteiger partial charge in [-0.25, -0.2) is 0 Å². The number of ketones is 1. The van der Waals surface area contributed by atoms with Crippen LogP contribution >= 0.6 is 15.9 Å². The molecular formula is C14H21BrO2Si. The lowest BCUT2D eigenvalue weighted by Gasteiger charge is -2.26. The molecule has 18 heavy (non-hydrogen) atoms. The fourth-order valence-electron chi connectivity index (χ4n) is 1.70. The zero-order valence-electron chi connectivity index (χ0n) is 11.3. The summed E-state index contributed by atoms with van der Waals surface area (Å²) in [6, 6.07) is 9.44. The summed E-state index contributed by atoms with van der Waals surface area (Å²) in [5.41, 5.74) is 0.776. The lowest BCUT2D eigenvalue weighted by atomic mass is 10.0. The normalized spacial score (nSPS) is 13.3. The molecule has 0 N–H and O–H groups in total. The van der Waals surface area contributed by atoms with Crippen LogP contribution in [-0.2, 0) is 4.43 Å². The van der Waals surface area contributed by atoms with E-state index in [-0.39, 0.29) is 11.9 Å². The molecule has 0 aliphatic rings. The minimum absolute atomic E-state index is 0.0388. The van der Waals surface area contributed by atoms with E-state index in [0.29, 0.717) is 6.42 Å². The van der Waals surface area contributed by atoms with Crippen LogP contribution in [0.1, 0.15) is 30.1 Å². The van der Waals surface area contributed by atoms with Crippen molar-refractivity contribution in [3.05, 3.63) is 35.9 Å². The standard InChI is InChI=1S/C14H21BrO2Si/c1-4-13(17-18(2,3)11-15)10-14(16)12-8-6-5-7-9-12/h5-9,13H,4,10-11H2,1-3H3/t13-/m0/s1. The third-order valence-electron chi connectivity index (χ3n) is 2.77. The van der Waals surface area contributed by atoms with E-state index in [4.69, 9.17) is 4.43 Å². The van der Waals surface area contributed by atoms with Crippen LogP contribution in [0.4, 0.5) is 0 Å². The lowest BCUT2D eigenvalue weighted by molar-refractivity contribution is 0.0896. The van der Waals surface area contributed by atoms with Gasteiger partial charge in [-0.05, 0) is 19.5 Å². The second kappa shape index (κ2) is 7.21. The van der Waals surface area contributed by atoms with Gasteiger partial charge in [0.25, 0.3) is 0 Å². The number of Topliss-reactive ketones (excluding diaryl/α,β-unsaturated/α-hetero) is 1. The Labute approximate surface area is 119 Å². The maximum absolute atomic E-state index is 12.1. The van der Waals surface area contributed by atoms with Crippen molar-refractivity contribution in [3.63, 3.8) is 0 Å². The van der Waals surface area contributed by atoms with Crippen LogP contribution in [-0.4, -0.2) is 25.2 Å². The Morgan fingerprint density at radius 3 is 2.44 bits per heavy atom. The van der Waals surface area contributed by atoms with E-state index < -0.39 is 8.32 Å². The number of halogens is 1. The Balaban J connectivity index is 2.61.